The number of rotatable bonds is 9. The molecule has 0 aliphatic heterocycles. The summed E-state index contributed by atoms with van der Waals surface area (Å²) in [4.78, 5) is 13.0. The van der Waals surface area contributed by atoms with Gasteiger partial charge in [-0.1, -0.05) is 18.2 Å². The Balaban J connectivity index is 1.87. The molecule has 20 heavy (non-hydrogen) atoms. The number of ether oxygens (including phenoxy) is 1. The fourth-order valence-corrected chi connectivity index (χ4v) is 2.47. The van der Waals surface area contributed by atoms with Gasteiger partial charge in [0, 0.05) is 24.6 Å². The average Bonchev–Trinajstić information content (AvgIpc) is 3.27. The molecular formula is C16H23NO3. The Morgan fingerprint density at radius 1 is 1.35 bits per heavy atom. The molecule has 1 saturated carbocycles. The monoisotopic (exact) mass is 277 g/mol. The number of carboxylic acids is 1. The summed E-state index contributed by atoms with van der Waals surface area (Å²) in [5.74, 6) is 0.233. The molecule has 0 radical (unpaired) electrons. The van der Waals surface area contributed by atoms with Crippen LogP contribution in [0.5, 0.6) is 5.75 Å². The van der Waals surface area contributed by atoms with Gasteiger partial charge in [-0.3, -0.25) is 9.69 Å². The van der Waals surface area contributed by atoms with Gasteiger partial charge in [-0.05, 0) is 38.3 Å². The summed E-state index contributed by atoms with van der Waals surface area (Å²) in [7, 11) is 1.70. The van der Waals surface area contributed by atoms with Crippen LogP contribution < -0.4 is 4.74 Å². The zero-order chi connectivity index (χ0) is 14.4. The maximum atomic E-state index is 10.5. The van der Waals surface area contributed by atoms with Gasteiger partial charge in [0.25, 0.3) is 0 Å². The molecule has 1 N–H and O–H groups in total. The Morgan fingerprint density at radius 3 is 2.75 bits per heavy atom. The lowest BCUT2D eigenvalue weighted by atomic mass is 10.1. The lowest BCUT2D eigenvalue weighted by Crippen LogP contribution is -2.27. The van der Waals surface area contributed by atoms with Crippen LogP contribution in [0, 0.1) is 0 Å². The van der Waals surface area contributed by atoms with E-state index in [9.17, 15) is 4.79 Å². The van der Waals surface area contributed by atoms with E-state index in [0.717, 1.165) is 31.7 Å². The third-order valence-electron chi connectivity index (χ3n) is 3.72. The summed E-state index contributed by atoms with van der Waals surface area (Å²) in [6.07, 6.45) is 4.48. The molecule has 0 spiro atoms. The van der Waals surface area contributed by atoms with E-state index in [4.69, 9.17) is 9.84 Å². The predicted molar refractivity (Wildman–Crippen MR) is 77.9 cm³/mol. The van der Waals surface area contributed by atoms with Gasteiger partial charge in [0.1, 0.15) is 5.75 Å². The molecule has 0 saturated heterocycles. The van der Waals surface area contributed by atoms with Crippen LogP contribution in [0.4, 0.5) is 0 Å². The minimum absolute atomic E-state index is 0.271. The highest BCUT2D eigenvalue weighted by atomic mass is 16.5. The summed E-state index contributed by atoms with van der Waals surface area (Å²) in [5.41, 5.74) is 1.21. The Morgan fingerprint density at radius 2 is 2.10 bits per heavy atom. The molecule has 1 aliphatic carbocycles. The largest absolute Gasteiger partial charge is 0.496 e. The Kier molecular flexibility index (Phi) is 5.41. The molecule has 1 fully saturated rings. The summed E-state index contributed by atoms with van der Waals surface area (Å²) in [6.45, 7) is 1.86. The summed E-state index contributed by atoms with van der Waals surface area (Å²) in [6, 6.07) is 8.78. The maximum absolute atomic E-state index is 10.5. The fourth-order valence-electron chi connectivity index (χ4n) is 2.47. The highest BCUT2D eigenvalue weighted by Gasteiger charge is 2.28. The SMILES string of the molecule is COc1ccccc1CN(CCCCC(=O)O)C1CC1. The first kappa shape index (κ1) is 14.9. The maximum Gasteiger partial charge on any atom is 0.303 e. The second kappa shape index (κ2) is 7.29. The number of benzene rings is 1. The first-order chi connectivity index (χ1) is 9.70. The van der Waals surface area contributed by atoms with Crippen molar-refractivity contribution in [3.63, 3.8) is 0 Å². The van der Waals surface area contributed by atoms with Crippen LogP contribution in [-0.2, 0) is 11.3 Å². The van der Waals surface area contributed by atoms with Crippen molar-refractivity contribution in [3.8, 4) is 5.75 Å². The number of carbonyl (C=O) groups is 1. The Hall–Kier alpha value is -1.55. The summed E-state index contributed by atoms with van der Waals surface area (Å²) in [5, 5.41) is 8.67. The normalized spacial score (nSPS) is 14.5. The summed E-state index contributed by atoms with van der Waals surface area (Å²) >= 11 is 0. The first-order valence-electron chi connectivity index (χ1n) is 7.28. The molecule has 0 amide bonds. The highest BCUT2D eigenvalue weighted by molar-refractivity contribution is 5.66. The standard InChI is InChI=1S/C16H23NO3/c1-20-15-7-3-2-6-13(15)12-17(14-9-10-14)11-5-4-8-16(18)19/h2-3,6-7,14H,4-5,8-12H2,1H3,(H,18,19). The number of unbranched alkanes of at least 4 members (excludes halogenated alkanes) is 1. The molecule has 110 valence electrons. The second-order valence-electron chi connectivity index (χ2n) is 5.36. The molecule has 0 aromatic heterocycles. The molecule has 1 aromatic carbocycles. The zero-order valence-corrected chi connectivity index (χ0v) is 12.0. The molecular weight excluding hydrogens is 254 g/mol. The average molecular weight is 277 g/mol. The van der Waals surface area contributed by atoms with Crippen molar-refractivity contribution in [2.24, 2.45) is 0 Å². The van der Waals surface area contributed by atoms with Crippen LogP contribution in [-0.4, -0.2) is 35.7 Å². The zero-order valence-electron chi connectivity index (χ0n) is 12.0. The molecule has 1 aromatic rings. The third kappa shape index (κ3) is 4.53. The van der Waals surface area contributed by atoms with Crippen molar-refractivity contribution in [3.05, 3.63) is 29.8 Å². The van der Waals surface area contributed by atoms with Crippen LogP contribution in [0.1, 0.15) is 37.7 Å². The van der Waals surface area contributed by atoms with Gasteiger partial charge in [-0.2, -0.15) is 0 Å². The van der Waals surface area contributed by atoms with Crippen LogP contribution in [0.25, 0.3) is 0 Å². The van der Waals surface area contributed by atoms with Crippen LogP contribution in [0.3, 0.4) is 0 Å². The van der Waals surface area contributed by atoms with E-state index in [1.165, 1.54) is 18.4 Å². The molecule has 4 heteroatoms. The topological polar surface area (TPSA) is 49.8 Å². The van der Waals surface area contributed by atoms with E-state index in [1.807, 2.05) is 18.2 Å². The predicted octanol–water partition coefficient (Wildman–Crippen LogP) is 2.91. The van der Waals surface area contributed by atoms with E-state index < -0.39 is 5.97 Å². The van der Waals surface area contributed by atoms with Gasteiger partial charge in [-0.25, -0.2) is 0 Å². The van der Waals surface area contributed by atoms with E-state index >= 15 is 0 Å². The third-order valence-corrected chi connectivity index (χ3v) is 3.72. The lowest BCUT2D eigenvalue weighted by molar-refractivity contribution is -0.137. The summed E-state index contributed by atoms with van der Waals surface area (Å²) < 4.78 is 5.40. The number of hydrogen-bond acceptors (Lipinski definition) is 3. The van der Waals surface area contributed by atoms with E-state index in [-0.39, 0.29) is 6.42 Å². The number of nitrogens with zero attached hydrogens (tertiary/aromatic N) is 1. The smallest absolute Gasteiger partial charge is 0.303 e. The van der Waals surface area contributed by atoms with Gasteiger partial charge in [0.2, 0.25) is 0 Å². The van der Waals surface area contributed by atoms with Crippen molar-refractivity contribution in [1.29, 1.82) is 0 Å². The molecule has 4 nitrogen and oxygen atoms in total. The van der Waals surface area contributed by atoms with Crippen molar-refractivity contribution in [2.75, 3.05) is 13.7 Å². The molecule has 1 aliphatic rings. The number of para-hydroxylation sites is 1. The lowest BCUT2D eigenvalue weighted by Gasteiger charge is -2.23. The van der Waals surface area contributed by atoms with Crippen molar-refractivity contribution in [2.45, 2.75) is 44.7 Å². The van der Waals surface area contributed by atoms with Crippen molar-refractivity contribution < 1.29 is 14.6 Å². The number of aliphatic carboxylic acids is 1. The number of methoxy groups -OCH3 is 1. The van der Waals surface area contributed by atoms with Gasteiger partial charge >= 0.3 is 5.97 Å². The van der Waals surface area contributed by atoms with Crippen molar-refractivity contribution in [1.82, 2.24) is 4.90 Å². The quantitative estimate of drug-likeness (QED) is 0.705. The van der Waals surface area contributed by atoms with Crippen LogP contribution >= 0.6 is 0 Å². The van der Waals surface area contributed by atoms with Crippen molar-refractivity contribution >= 4 is 5.97 Å². The van der Waals surface area contributed by atoms with E-state index in [1.54, 1.807) is 7.11 Å². The Labute approximate surface area is 120 Å². The van der Waals surface area contributed by atoms with E-state index in [2.05, 4.69) is 11.0 Å². The minimum Gasteiger partial charge on any atom is -0.496 e. The van der Waals surface area contributed by atoms with E-state index in [0.29, 0.717) is 6.04 Å². The number of carboxylic acid groups (broad SMARTS) is 1. The number of hydrogen-bond donors (Lipinski definition) is 1. The first-order valence-corrected chi connectivity index (χ1v) is 7.28. The van der Waals surface area contributed by atoms with Gasteiger partial charge in [-0.15, -0.1) is 0 Å². The molecule has 0 bridgehead atoms. The minimum atomic E-state index is -0.701. The van der Waals surface area contributed by atoms with Gasteiger partial charge < -0.3 is 9.84 Å². The molecule has 2 rings (SSSR count). The molecule has 0 unspecified atom stereocenters. The Bertz CT molecular complexity index is 443. The fraction of sp³-hybridized carbons (Fsp3) is 0.562. The molecule has 0 heterocycles. The van der Waals surface area contributed by atoms with Gasteiger partial charge in [0.05, 0.1) is 7.11 Å². The van der Waals surface area contributed by atoms with Crippen LogP contribution in [0.2, 0.25) is 0 Å². The van der Waals surface area contributed by atoms with Gasteiger partial charge in [0.15, 0.2) is 0 Å². The van der Waals surface area contributed by atoms with Crippen LogP contribution in [0.15, 0.2) is 24.3 Å². The molecule has 0 atom stereocenters. The second-order valence-corrected chi connectivity index (χ2v) is 5.36. The highest BCUT2D eigenvalue weighted by Crippen LogP contribution is 2.30.